The van der Waals surface area contributed by atoms with E-state index in [9.17, 15) is 0 Å². The van der Waals surface area contributed by atoms with Gasteiger partial charge in [-0.25, -0.2) is 0 Å². The molecule has 1 radical (unpaired) electrons. The third-order valence-corrected chi connectivity index (χ3v) is 1.76. The van der Waals surface area contributed by atoms with Crippen molar-refractivity contribution in [3.05, 3.63) is 24.3 Å². The van der Waals surface area contributed by atoms with Crippen molar-refractivity contribution in [2.45, 2.75) is 0 Å². The molecular weight excluding hydrogens is 135 g/mol. The molecule has 3 heteroatoms. The SMILES string of the molecule is CN=C1[B]c2ccccc2N1. The standard InChI is InChI=1S/C8H8BN2/c1-10-8-9-6-4-2-3-5-7(6)11-8/h2-5H,1H3,(H,10,11). The minimum atomic E-state index is 0.936. The third-order valence-electron chi connectivity index (χ3n) is 1.76. The molecule has 0 spiro atoms. The number of anilines is 1. The van der Waals surface area contributed by atoms with E-state index in [1.807, 2.05) is 25.5 Å². The van der Waals surface area contributed by atoms with Gasteiger partial charge in [0.05, 0.1) is 5.73 Å². The van der Waals surface area contributed by atoms with E-state index in [4.69, 9.17) is 0 Å². The summed E-state index contributed by atoms with van der Waals surface area (Å²) in [6, 6.07) is 8.15. The van der Waals surface area contributed by atoms with E-state index < -0.39 is 0 Å². The zero-order valence-electron chi connectivity index (χ0n) is 6.33. The van der Waals surface area contributed by atoms with Crippen LogP contribution >= 0.6 is 0 Å². The Labute approximate surface area is 66.6 Å². The van der Waals surface area contributed by atoms with Crippen LogP contribution in [0.2, 0.25) is 0 Å². The molecule has 1 aromatic rings. The zero-order valence-corrected chi connectivity index (χ0v) is 6.33. The average molecular weight is 143 g/mol. The first kappa shape index (κ1) is 6.46. The van der Waals surface area contributed by atoms with Gasteiger partial charge in [0.2, 0.25) is 7.28 Å². The van der Waals surface area contributed by atoms with Crippen LogP contribution in [0, 0.1) is 0 Å². The van der Waals surface area contributed by atoms with Crippen LogP contribution < -0.4 is 10.8 Å². The maximum atomic E-state index is 4.05. The van der Waals surface area contributed by atoms with Crippen molar-refractivity contribution in [2.75, 3.05) is 12.4 Å². The molecule has 53 valence electrons. The number of fused-ring (bicyclic) bond motifs is 1. The first-order chi connectivity index (χ1) is 5.40. The molecule has 0 saturated carbocycles. The molecule has 0 bridgehead atoms. The van der Waals surface area contributed by atoms with Crippen molar-refractivity contribution in [1.82, 2.24) is 0 Å². The fourth-order valence-electron chi connectivity index (χ4n) is 1.18. The van der Waals surface area contributed by atoms with Crippen molar-refractivity contribution in [3.8, 4) is 0 Å². The molecule has 11 heavy (non-hydrogen) atoms. The van der Waals surface area contributed by atoms with E-state index in [1.165, 1.54) is 5.46 Å². The molecule has 0 unspecified atom stereocenters. The predicted molar refractivity (Wildman–Crippen MR) is 48.8 cm³/mol. The number of para-hydroxylation sites is 1. The first-order valence-electron chi connectivity index (χ1n) is 3.58. The van der Waals surface area contributed by atoms with Crippen molar-refractivity contribution < 1.29 is 0 Å². The number of amidine groups is 1. The first-order valence-corrected chi connectivity index (χ1v) is 3.58. The fraction of sp³-hybridized carbons (Fsp3) is 0.125. The Kier molecular flexibility index (Phi) is 1.42. The molecule has 0 aromatic heterocycles. The molecule has 0 amide bonds. The number of nitrogens with one attached hydrogen (secondary N) is 1. The number of hydrogen-bond donors (Lipinski definition) is 1. The molecule has 2 nitrogen and oxygen atoms in total. The number of nitrogens with zero attached hydrogens (tertiary/aromatic N) is 1. The molecule has 0 atom stereocenters. The molecule has 1 aromatic carbocycles. The van der Waals surface area contributed by atoms with Crippen LogP contribution in [0.25, 0.3) is 0 Å². The number of aliphatic imine (C=N–C) groups is 1. The summed E-state index contributed by atoms with van der Waals surface area (Å²) in [5.74, 6) is 0. The van der Waals surface area contributed by atoms with E-state index in [0.717, 1.165) is 11.4 Å². The minimum absolute atomic E-state index is 0.936. The smallest absolute Gasteiger partial charge is 0.242 e. The Bertz CT molecular complexity index is 280. The lowest BCUT2D eigenvalue weighted by Crippen LogP contribution is -2.16. The summed E-state index contributed by atoms with van der Waals surface area (Å²) in [5.41, 5.74) is 3.30. The van der Waals surface area contributed by atoms with Crippen LogP contribution in [-0.2, 0) is 0 Å². The van der Waals surface area contributed by atoms with Crippen LogP contribution in [0.5, 0.6) is 0 Å². The van der Waals surface area contributed by atoms with Gasteiger partial charge in [0, 0.05) is 12.7 Å². The lowest BCUT2D eigenvalue weighted by atomic mass is 9.71. The highest BCUT2D eigenvalue weighted by molar-refractivity contribution is 6.90. The Hall–Kier alpha value is -1.25. The largest absolute Gasteiger partial charge is 0.353 e. The second kappa shape index (κ2) is 2.42. The van der Waals surface area contributed by atoms with Gasteiger partial charge in [0.1, 0.15) is 0 Å². The average Bonchev–Trinajstić information content (AvgIpc) is 2.46. The number of benzene rings is 1. The summed E-state index contributed by atoms with van der Waals surface area (Å²) in [7, 11) is 3.82. The predicted octanol–water partition coefficient (Wildman–Crippen LogP) is 0.427. The van der Waals surface area contributed by atoms with Gasteiger partial charge in [-0.2, -0.15) is 0 Å². The summed E-state index contributed by atoms with van der Waals surface area (Å²) in [5, 5.41) is 3.18. The lowest BCUT2D eigenvalue weighted by Gasteiger charge is -1.96. The van der Waals surface area contributed by atoms with Crippen LogP contribution in [0.1, 0.15) is 0 Å². The summed E-state index contributed by atoms with van der Waals surface area (Å²) < 4.78 is 0. The minimum Gasteiger partial charge on any atom is -0.353 e. The molecule has 2 rings (SSSR count). The lowest BCUT2D eigenvalue weighted by molar-refractivity contribution is 1.45. The maximum absolute atomic E-state index is 4.05. The monoisotopic (exact) mass is 143 g/mol. The van der Waals surface area contributed by atoms with E-state index in [1.54, 1.807) is 7.05 Å². The Morgan fingerprint density at radius 3 is 2.91 bits per heavy atom. The Morgan fingerprint density at radius 1 is 1.36 bits per heavy atom. The van der Waals surface area contributed by atoms with Crippen LogP contribution in [0.15, 0.2) is 29.3 Å². The van der Waals surface area contributed by atoms with E-state index in [0.29, 0.717) is 0 Å². The molecule has 1 N–H and O–H groups in total. The quantitative estimate of drug-likeness (QED) is 0.523. The topological polar surface area (TPSA) is 24.4 Å². The molecule has 1 aliphatic rings. The summed E-state index contributed by atoms with van der Waals surface area (Å²) >= 11 is 0. The molecule has 1 aliphatic heterocycles. The summed E-state index contributed by atoms with van der Waals surface area (Å²) in [6.07, 6.45) is 0. The van der Waals surface area contributed by atoms with Crippen LogP contribution in [-0.4, -0.2) is 20.1 Å². The Balaban J connectivity index is 2.41. The third kappa shape index (κ3) is 1.02. The summed E-state index contributed by atoms with van der Waals surface area (Å²) in [4.78, 5) is 4.05. The molecule has 0 aliphatic carbocycles. The maximum Gasteiger partial charge on any atom is 0.242 e. The normalized spacial score (nSPS) is 17.4. The summed E-state index contributed by atoms with van der Waals surface area (Å²) in [6.45, 7) is 0. The number of hydrogen-bond acceptors (Lipinski definition) is 1. The number of rotatable bonds is 0. The second-order valence-electron chi connectivity index (χ2n) is 2.47. The van der Waals surface area contributed by atoms with Gasteiger partial charge in [-0.15, -0.1) is 0 Å². The van der Waals surface area contributed by atoms with Gasteiger partial charge >= 0.3 is 0 Å². The van der Waals surface area contributed by atoms with Crippen LogP contribution in [0.4, 0.5) is 5.69 Å². The van der Waals surface area contributed by atoms with Crippen molar-refractivity contribution in [3.63, 3.8) is 0 Å². The highest BCUT2D eigenvalue weighted by atomic mass is 15.0. The van der Waals surface area contributed by atoms with E-state index >= 15 is 0 Å². The van der Waals surface area contributed by atoms with Gasteiger partial charge in [-0.3, -0.25) is 4.99 Å². The van der Waals surface area contributed by atoms with E-state index in [2.05, 4.69) is 16.4 Å². The highest BCUT2D eigenvalue weighted by Crippen LogP contribution is 2.07. The van der Waals surface area contributed by atoms with E-state index in [-0.39, 0.29) is 0 Å². The van der Waals surface area contributed by atoms with Gasteiger partial charge in [-0.05, 0) is 6.07 Å². The molecular formula is C8H8BN2. The van der Waals surface area contributed by atoms with Crippen molar-refractivity contribution in [2.24, 2.45) is 4.99 Å². The molecule has 1 heterocycles. The van der Waals surface area contributed by atoms with Gasteiger partial charge in [0.25, 0.3) is 0 Å². The Morgan fingerprint density at radius 2 is 2.18 bits per heavy atom. The zero-order chi connectivity index (χ0) is 7.68. The fourth-order valence-corrected chi connectivity index (χ4v) is 1.18. The molecule has 0 saturated heterocycles. The highest BCUT2D eigenvalue weighted by Gasteiger charge is 2.15. The van der Waals surface area contributed by atoms with Crippen molar-refractivity contribution in [1.29, 1.82) is 0 Å². The van der Waals surface area contributed by atoms with Gasteiger partial charge in [-0.1, -0.05) is 23.7 Å². The van der Waals surface area contributed by atoms with Crippen LogP contribution in [0.3, 0.4) is 0 Å². The van der Waals surface area contributed by atoms with Gasteiger partial charge < -0.3 is 5.32 Å². The van der Waals surface area contributed by atoms with Crippen molar-refractivity contribution >= 4 is 24.2 Å². The van der Waals surface area contributed by atoms with Gasteiger partial charge in [0.15, 0.2) is 0 Å². The molecule has 0 fully saturated rings. The second-order valence-corrected chi connectivity index (χ2v) is 2.47.